The van der Waals surface area contributed by atoms with E-state index in [4.69, 9.17) is 0 Å². The normalized spacial score (nSPS) is 15.0. The predicted molar refractivity (Wildman–Crippen MR) is 134 cm³/mol. The Balaban J connectivity index is 1.56. The first kappa shape index (κ1) is 27.5. The summed E-state index contributed by atoms with van der Waals surface area (Å²) in [5, 5.41) is 5.21. The molecule has 39 heavy (non-hydrogen) atoms. The molecule has 3 aromatic rings. The Labute approximate surface area is 221 Å². The van der Waals surface area contributed by atoms with Crippen LogP contribution in [0.4, 0.5) is 29.3 Å². The molecule has 13 heteroatoms. The molecule has 10 nitrogen and oxygen atoms in total. The number of halogens is 3. The van der Waals surface area contributed by atoms with Crippen LogP contribution < -0.4 is 20.3 Å². The Kier molecular flexibility index (Phi) is 7.81. The van der Waals surface area contributed by atoms with E-state index in [-0.39, 0.29) is 31.0 Å². The van der Waals surface area contributed by atoms with Gasteiger partial charge in [-0.05, 0) is 61.9 Å². The van der Waals surface area contributed by atoms with Crippen molar-refractivity contribution >= 4 is 29.2 Å². The fourth-order valence-corrected chi connectivity index (χ4v) is 3.97. The molecule has 2 aromatic heterocycles. The van der Waals surface area contributed by atoms with E-state index in [1.54, 1.807) is 62.8 Å². The minimum Gasteiger partial charge on any atom is -0.404 e. The number of nitrogens with zero attached hydrogens (tertiary/aromatic N) is 4. The van der Waals surface area contributed by atoms with Crippen LogP contribution in [0.25, 0.3) is 0 Å². The van der Waals surface area contributed by atoms with Crippen molar-refractivity contribution in [3.05, 3.63) is 78.4 Å². The molecule has 0 spiro atoms. The van der Waals surface area contributed by atoms with Gasteiger partial charge < -0.3 is 20.3 Å². The van der Waals surface area contributed by atoms with Gasteiger partial charge in [0, 0.05) is 31.7 Å². The van der Waals surface area contributed by atoms with Gasteiger partial charge in [-0.15, -0.1) is 13.2 Å². The zero-order valence-corrected chi connectivity index (χ0v) is 21.0. The van der Waals surface area contributed by atoms with Crippen LogP contribution in [0.3, 0.4) is 0 Å². The second-order valence-electron chi connectivity index (χ2n) is 9.12. The summed E-state index contributed by atoms with van der Waals surface area (Å²) in [6.07, 6.45) is -0.339. The van der Waals surface area contributed by atoms with Crippen molar-refractivity contribution in [2.75, 3.05) is 16.8 Å². The van der Waals surface area contributed by atoms with Crippen LogP contribution in [-0.2, 0) is 22.7 Å². The minimum atomic E-state index is -5.04. The maximum absolute atomic E-state index is 13.4. The Morgan fingerprint density at radius 3 is 2.46 bits per heavy atom. The summed E-state index contributed by atoms with van der Waals surface area (Å²) in [4.78, 5) is 49.5. The van der Waals surface area contributed by atoms with Crippen molar-refractivity contribution in [1.29, 1.82) is 0 Å². The van der Waals surface area contributed by atoms with Gasteiger partial charge in [0.2, 0.25) is 5.91 Å². The number of pyridine rings is 2. The number of urea groups is 1. The molecule has 1 aromatic carbocycles. The van der Waals surface area contributed by atoms with Gasteiger partial charge in [-0.25, -0.2) is 9.69 Å². The van der Waals surface area contributed by atoms with Gasteiger partial charge in [0.15, 0.2) is 5.75 Å². The molecule has 4 amide bonds. The van der Waals surface area contributed by atoms with Crippen molar-refractivity contribution in [1.82, 2.24) is 20.2 Å². The number of alkyl halides is 3. The summed E-state index contributed by atoms with van der Waals surface area (Å²) in [5.41, 5.74) is -0.234. The van der Waals surface area contributed by atoms with Gasteiger partial charge in [0.25, 0.3) is 5.91 Å². The number of rotatable bonds is 9. The number of carbonyl (C=O) groups is 3. The number of anilines is 2. The van der Waals surface area contributed by atoms with Crippen molar-refractivity contribution in [3.8, 4) is 5.75 Å². The number of benzene rings is 1. The molecule has 0 aliphatic carbocycles. The molecule has 0 unspecified atom stereocenters. The summed E-state index contributed by atoms with van der Waals surface area (Å²) in [6.45, 7) is 3.26. The summed E-state index contributed by atoms with van der Waals surface area (Å²) in [5.74, 6) is -1.95. The Bertz CT molecular complexity index is 1350. The van der Waals surface area contributed by atoms with E-state index in [2.05, 4.69) is 25.3 Å². The Morgan fingerprint density at radius 2 is 1.79 bits per heavy atom. The van der Waals surface area contributed by atoms with Crippen molar-refractivity contribution in [3.63, 3.8) is 0 Å². The van der Waals surface area contributed by atoms with Gasteiger partial charge in [0.1, 0.15) is 5.54 Å². The molecule has 1 aliphatic rings. The van der Waals surface area contributed by atoms with Crippen molar-refractivity contribution in [2.45, 2.75) is 38.8 Å². The van der Waals surface area contributed by atoms with E-state index >= 15 is 0 Å². The maximum Gasteiger partial charge on any atom is 0.573 e. The van der Waals surface area contributed by atoms with Gasteiger partial charge in [0.05, 0.1) is 23.6 Å². The monoisotopic (exact) mass is 542 g/mol. The summed E-state index contributed by atoms with van der Waals surface area (Å²) < 4.78 is 43.2. The molecule has 1 aliphatic heterocycles. The van der Waals surface area contributed by atoms with Crippen LogP contribution in [0.1, 0.15) is 25.1 Å². The molecule has 1 saturated heterocycles. The number of ether oxygens (including phenoxy) is 1. The predicted octanol–water partition coefficient (Wildman–Crippen LogP) is 3.85. The lowest BCUT2D eigenvalue weighted by atomic mass is 10.0. The maximum atomic E-state index is 13.4. The number of imide groups is 1. The highest BCUT2D eigenvalue weighted by molar-refractivity contribution is 6.23. The second-order valence-corrected chi connectivity index (χ2v) is 9.12. The van der Waals surface area contributed by atoms with Crippen LogP contribution in [0, 0.1) is 0 Å². The zero-order chi connectivity index (χ0) is 28.2. The number of nitrogens with one attached hydrogen (secondary N) is 2. The molecule has 0 radical (unpaired) electrons. The van der Waals surface area contributed by atoms with Crippen molar-refractivity contribution in [2.24, 2.45) is 0 Å². The summed E-state index contributed by atoms with van der Waals surface area (Å²) >= 11 is 0. The van der Waals surface area contributed by atoms with Crippen LogP contribution in [0.15, 0.2) is 67.1 Å². The third kappa shape index (κ3) is 6.49. The quantitative estimate of drug-likeness (QED) is 0.395. The molecule has 204 valence electrons. The van der Waals surface area contributed by atoms with Crippen LogP contribution in [0.5, 0.6) is 5.75 Å². The molecule has 0 saturated carbocycles. The van der Waals surface area contributed by atoms with Crippen LogP contribution >= 0.6 is 0 Å². The molecular weight excluding hydrogens is 517 g/mol. The molecule has 0 atom stereocenters. The largest absolute Gasteiger partial charge is 0.573 e. The summed E-state index contributed by atoms with van der Waals surface area (Å²) in [6, 6.07) is 11.2. The standard InChI is InChI=1S/C26H25F3N6O4/c1-25(2)23(37)35(24(38)34(25)16-17-8-11-30-12-9-17)19-6-7-21(39-26(27,28)29)20(13-19)33-22(36)15-31-14-18-5-3-4-10-32-18/h3-13,31H,14-16H2,1-2H3,(H,33,36). The zero-order valence-electron chi connectivity index (χ0n) is 21.0. The van der Waals surface area contributed by atoms with Gasteiger partial charge >= 0.3 is 12.4 Å². The molecule has 3 heterocycles. The molecule has 4 rings (SSSR count). The van der Waals surface area contributed by atoms with Crippen LogP contribution in [-0.4, -0.2) is 51.2 Å². The fraction of sp³-hybridized carbons (Fsp3) is 0.269. The number of hydrogen-bond donors (Lipinski definition) is 2. The highest BCUT2D eigenvalue weighted by Crippen LogP contribution is 2.38. The van der Waals surface area contributed by atoms with E-state index in [0.29, 0.717) is 5.69 Å². The van der Waals surface area contributed by atoms with E-state index in [1.807, 2.05) is 0 Å². The number of carbonyl (C=O) groups excluding carboxylic acids is 3. The summed E-state index contributed by atoms with van der Waals surface area (Å²) in [7, 11) is 0. The Hall–Kier alpha value is -4.52. The third-order valence-electron chi connectivity index (χ3n) is 5.95. The average molecular weight is 543 g/mol. The molecule has 0 bridgehead atoms. The first-order valence-electron chi connectivity index (χ1n) is 11.8. The lowest BCUT2D eigenvalue weighted by Gasteiger charge is -2.27. The van der Waals surface area contributed by atoms with Crippen molar-refractivity contribution < 1.29 is 32.3 Å². The molecular formula is C26H25F3N6O4. The lowest BCUT2D eigenvalue weighted by molar-refractivity contribution is -0.274. The first-order chi connectivity index (χ1) is 18.5. The third-order valence-corrected chi connectivity index (χ3v) is 5.95. The van der Waals surface area contributed by atoms with Gasteiger partial charge in [-0.3, -0.25) is 19.6 Å². The van der Waals surface area contributed by atoms with E-state index in [0.717, 1.165) is 28.7 Å². The number of amides is 4. The first-order valence-corrected chi connectivity index (χ1v) is 11.8. The lowest BCUT2D eigenvalue weighted by Crippen LogP contribution is -2.43. The van der Waals surface area contributed by atoms with E-state index in [1.165, 1.54) is 4.90 Å². The minimum absolute atomic E-state index is 0.0263. The average Bonchev–Trinajstić information content (AvgIpc) is 3.05. The topological polar surface area (TPSA) is 117 Å². The van der Waals surface area contributed by atoms with Gasteiger partial charge in [-0.2, -0.15) is 0 Å². The second kappa shape index (κ2) is 11.1. The molecule has 2 N–H and O–H groups in total. The molecule has 1 fully saturated rings. The number of aromatic nitrogens is 2. The smallest absolute Gasteiger partial charge is 0.404 e. The van der Waals surface area contributed by atoms with Gasteiger partial charge in [-0.1, -0.05) is 6.07 Å². The SMILES string of the molecule is CC1(C)C(=O)N(c2ccc(OC(F)(F)F)c(NC(=O)CNCc3ccccn3)c2)C(=O)N1Cc1ccncc1. The van der Waals surface area contributed by atoms with E-state index in [9.17, 15) is 27.6 Å². The highest BCUT2D eigenvalue weighted by Gasteiger charge is 2.52. The Morgan fingerprint density at radius 1 is 1.05 bits per heavy atom. The van der Waals surface area contributed by atoms with Crippen LogP contribution in [0.2, 0.25) is 0 Å². The fourth-order valence-electron chi connectivity index (χ4n) is 3.97. The van der Waals surface area contributed by atoms with E-state index < -0.39 is 35.5 Å². The highest BCUT2D eigenvalue weighted by atomic mass is 19.4. The number of hydrogen-bond acceptors (Lipinski definition) is 7.